The van der Waals surface area contributed by atoms with Crippen molar-refractivity contribution in [1.82, 2.24) is 5.32 Å². The highest BCUT2D eigenvalue weighted by Crippen LogP contribution is 2.31. The molecule has 4 heteroatoms. The van der Waals surface area contributed by atoms with Crippen molar-refractivity contribution in [3.63, 3.8) is 0 Å². The van der Waals surface area contributed by atoms with Gasteiger partial charge in [0.1, 0.15) is 5.75 Å². The summed E-state index contributed by atoms with van der Waals surface area (Å²) >= 11 is 0. The number of rotatable bonds is 4. The van der Waals surface area contributed by atoms with E-state index in [1.165, 1.54) is 0 Å². The Kier molecular flexibility index (Phi) is 4.33. The first-order valence-corrected chi connectivity index (χ1v) is 7.15. The fourth-order valence-corrected chi connectivity index (χ4v) is 2.89. The van der Waals surface area contributed by atoms with Crippen LogP contribution in [0, 0.1) is 5.92 Å². The number of nitrogens with two attached hydrogens (primary N) is 1. The highest BCUT2D eigenvalue weighted by molar-refractivity contribution is 5.80. The van der Waals surface area contributed by atoms with Crippen molar-refractivity contribution in [2.45, 2.75) is 44.7 Å². The van der Waals surface area contributed by atoms with Crippen molar-refractivity contribution in [2.24, 2.45) is 11.7 Å². The van der Waals surface area contributed by atoms with Gasteiger partial charge in [0.25, 0.3) is 0 Å². The summed E-state index contributed by atoms with van der Waals surface area (Å²) in [6.07, 6.45) is 2.61. The molecule has 3 N–H and O–H groups in total. The highest BCUT2D eigenvalue weighted by Gasteiger charge is 2.32. The lowest BCUT2D eigenvalue weighted by Gasteiger charge is -2.29. The maximum atomic E-state index is 12.4. The monoisotopic (exact) mass is 276 g/mol. The van der Waals surface area contributed by atoms with Gasteiger partial charge in [-0.2, -0.15) is 0 Å². The number of nitrogens with one attached hydrogen (secondary N) is 1. The van der Waals surface area contributed by atoms with Gasteiger partial charge in [-0.3, -0.25) is 4.79 Å². The largest absolute Gasteiger partial charge is 0.496 e. The summed E-state index contributed by atoms with van der Waals surface area (Å²) in [6.45, 7) is 4.00. The Morgan fingerprint density at radius 2 is 2.05 bits per heavy atom. The average molecular weight is 276 g/mol. The predicted octanol–water partition coefficient (Wildman–Crippen LogP) is 2.17. The summed E-state index contributed by atoms with van der Waals surface area (Å²) in [7, 11) is 1.65. The molecule has 1 aliphatic carbocycles. The van der Waals surface area contributed by atoms with Gasteiger partial charge in [-0.05, 0) is 39.2 Å². The fourth-order valence-electron chi connectivity index (χ4n) is 2.89. The van der Waals surface area contributed by atoms with Gasteiger partial charge >= 0.3 is 0 Å². The molecule has 0 radical (unpaired) electrons. The topological polar surface area (TPSA) is 64.3 Å². The summed E-state index contributed by atoms with van der Waals surface area (Å²) in [6, 6.07) is 7.95. The molecule has 2 atom stereocenters. The van der Waals surface area contributed by atoms with E-state index in [2.05, 4.69) is 5.32 Å². The normalized spacial score (nSPS) is 22.6. The smallest absolute Gasteiger partial charge is 0.223 e. The zero-order valence-corrected chi connectivity index (χ0v) is 12.5. The first kappa shape index (κ1) is 14.9. The molecule has 1 aromatic rings. The Morgan fingerprint density at radius 1 is 1.35 bits per heavy atom. The lowest BCUT2D eigenvalue weighted by Crippen LogP contribution is -2.44. The predicted molar refractivity (Wildman–Crippen MR) is 79.5 cm³/mol. The van der Waals surface area contributed by atoms with Gasteiger partial charge in [0.15, 0.2) is 0 Å². The van der Waals surface area contributed by atoms with E-state index in [-0.39, 0.29) is 17.9 Å². The van der Waals surface area contributed by atoms with E-state index >= 15 is 0 Å². The van der Waals surface area contributed by atoms with E-state index in [1.807, 2.05) is 38.1 Å². The summed E-state index contributed by atoms with van der Waals surface area (Å²) in [5.74, 6) is 0.925. The molecule has 1 fully saturated rings. The third-order valence-electron chi connectivity index (χ3n) is 4.06. The van der Waals surface area contributed by atoms with Crippen molar-refractivity contribution in [3.8, 4) is 5.75 Å². The standard InChI is InChI=1S/C16H24N2O2/c1-16(2,13-6-4-5-7-14(13)20-3)18-15(19)11-8-9-12(17)10-11/h4-7,11-12H,8-10,17H2,1-3H3,(H,18,19). The van der Waals surface area contributed by atoms with Crippen LogP contribution in [0.25, 0.3) is 0 Å². The van der Waals surface area contributed by atoms with E-state index in [0.29, 0.717) is 0 Å². The number of benzene rings is 1. The van der Waals surface area contributed by atoms with Gasteiger partial charge in [-0.15, -0.1) is 0 Å². The van der Waals surface area contributed by atoms with Crippen LogP contribution in [0.4, 0.5) is 0 Å². The second kappa shape index (κ2) is 5.83. The van der Waals surface area contributed by atoms with Gasteiger partial charge < -0.3 is 15.8 Å². The van der Waals surface area contributed by atoms with Crippen LogP contribution >= 0.6 is 0 Å². The molecule has 0 aromatic heterocycles. The number of ether oxygens (including phenoxy) is 1. The Morgan fingerprint density at radius 3 is 2.65 bits per heavy atom. The van der Waals surface area contributed by atoms with E-state index in [1.54, 1.807) is 7.11 Å². The number of carbonyl (C=O) groups excluding carboxylic acids is 1. The van der Waals surface area contributed by atoms with E-state index in [9.17, 15) is 4.79 Å². The average Bonchev–Trinajstić information content (AvgIpc) is 2.85. The van der Waals surface area contributed by atoms with Crippen molar-refractivity contribution >= 4 is 5.91 Å². The molecule has 110 valence electrons. The van der Waals surface area contributed by atoms with Crippen LogP contribution in [0.1, 0.15) is 38.7 Å². The number of methoxy groups -OCH3 is 1. The Bertz CT molecular complexity index is 485. The maximum Gasteiger partial charge on any atom is 0.223 e. The van der Waals surface area contributed by atoms with Gasteiger partial charge in [0, 0.05) is 17.5 Å². The van der Waals surface area contributed by atoms with Gasteiger partial charge in [0.05, 0.1) is 12.6 Å². The van der Waals surface area contributed by atoms with E-state index in [4.69, 9.17) is 10.5 Å². The molecular formula is C16H24N2O2. The lowest BCUT2D eigenvalue weighted by molar-refractivity contribution is -0.126. The molecule has 0 spiro atoms. The van der Waals surface area contributed by atoms with Crippen LogP contribution in [0.5, 0.6) is 5.75 Å². The van der Waals surface area contributed by atoms with Crippen molar-refractivity contribution in [3.05, 3.63) is 29.8 Å². The second-order valence-electron chi connectivity index (χ2n) is 6.08. The molecule has 0 bridgehead atoms. The minimum absolute atomic E-state index is 0.0407. The number of para-hydroxylation sites is 1. The number of carbonyl (C=O) groups is 1. The van der Waals surface area contributed by atoms with Crippen LogP contribution < -0.4 is 15.8 Å². The number of hydrogen-bond acceptors (Lipinski definition) is 3. The third kappa shape index (κ3) is 3.12. The van der Waals surface area contributed by atoms with Crippen LogP contribution in [-0.4, -0.2) is 19.1 Å². The fraction of sp³-hybridized carbons (Fsp3) is 0.562. The summed E-state index contributed by atoms with van der Waals surface area (Å²) < 4.78 is 5.38. The number of amides is 1. The summed E-state index contributed by atoms with van der Waals surface area (Å²) in [4.78, 5) is 12.4. The molecule has 1 amide bonds. The molecule has 0 aliphatic heterocycles. The minimum atomic E-state index is -0.462. The molecular weight excluding hydrogens is 252 g/mol. The first-order valence-electron chi connectivity index (χ1n) is 7.15. The molecule has 2 rings (SSSR count). The SMILES string of the molecule is COc1ccccc1C(C)(C)NC(=O)C1CCC(N)C1. The van der Waals surface area contributed by atoms with Crippen LogP contribution in [0.2, 0.25) is 0 Å². The van der Waals surface area contributed by atoms with Gasteiger partial charge in [0.2, 0.25) is 5.91 Å². The quantitative estimate of drug-likeness (QED) is 0.886. The van der Waals surface area contributed by atoms with Crippen molar-refractivity contribution in [1.29, 1.82) is 0 Å². The highest BCUT2D eigenvalue weighted by atomic mass is 16.5. The van der Waals surface area contributed by atoms with Gasteiger partial charge in [-0.25, -0.2) is 0 Å². The second-order valence-corrected chi connectivity index (χ2v) is 6.08. The molecule has 0 saturated heterocycles. The Labute approximate surface area is 120 Å². The molecule has 2 unspecified atom stereocenters. The summed E-state index contributed by atoms with van der Waals surface area (Å²) in [5.41, 5.74) is 6.41. The maximum absolute atomic E-state index is 12.4. The van der Waals surface area contributed by atoms with E-state index in [0.717, 1.165) is 30.6 Å². The zero-order chi connectivity index (χ0) is 14.8. The van der Waals surface area contributed by atoms with Crippen LogP contribution in [0.15, 0.2) is 24.3 Å². The molecule has 20 heavy (non-hydrogen) atoms. The zero-order valence-electron chi connectivity index (χ0n) is 12.5. The molecule has 1 saturated carbocycles. The Hall–Kier alpha value is -1.55. The van der Waals surface area contributed by atoms with Crippen LogP contribution in [0.3, 0.4) is 0 Å². The number of hydrogen-bond donors (Lipinski definition) is 2. The molecule has 0 heterocycles. The molecule has 1 aromatic carbocycles. The molecule has 1 aliphatic rings. The van der Waals surface area contributed by atoms with Crippen molar-refractivity contribution in [2.75, 3.05) is 7.11 Å². The Balaban J connectivity index is 2.12. The van der Waals surface area contributed by atoms with Gasteiger partial charge in [-0.1, -0.05) is 18.2 Å². The lowest BCUT2D eigenvalue weighted by atomic mass is 9.92. The van der Waals surface area contributed by atoms with Crippen LogP contribution in [-0.2, 0) is 10.3 Å². The molecule has 4 nitrogen and oxygen atoms in total. The van der Waals surface area contributed by atoms with Crippen molar-refractivity contribution < 1.29 is 9.53 Å². The minimum Gasteiger partial charge on any atom is -0.496 e. The van der Waals surface area contributed by atoms with E-state index < -0.39 is 5.54 Å². The first-order chi connectivity index (χ1) is 9.44. The summed E-state index contributed by atoms with van der Waals surface area (Å²) in [5, 5.41) is 3.14. The third-order valence-corrected chi connectivity index (χ3v) is 4.06.